The minimum Gasteiger partial charge on any atom is -0.479 e. The number of benzene rings is 1. The smallest absolute Gasteiger partial charge is 0.330 e. The van der Waals surface area contributed by atoms with Crippen molar-refractivity contribution in [1.29, 1.82) is 0 Å². The second-order valence-electron chi connectivity index (χ2n) is 5.30. The second kappa shape index (κ2) is 6.83. The van der Waals surface area contributed by atoms with E-state index in [1.54, 1.807) is 24.3 Å². The molecule has 1 aromatic carbocycles. The number of rotatable bonds is 5. The zero-order valence-electron chi connectivity index (χ0n) is 12.2. The molecule has 1 atom stereocenters. The highest BCUT2D eigenvalue weighted by Crippen LogP contribution is 2.28. The highest BCUT2D eigenvalue weighted by Gasteiger charge is 2.43. The Morgan fingerprint density at radius 1 is 1.36 bits per heavy atom. The van der Waals surface area contributed by atoms with Gasteiger partial charge in [-0.05, 0) is 29.9 Å². The van der Waals surface area contributed by atoms with Gasteiger partial charge in [0, 0.05) is 18.4 Å². The van der Waals surface area contributed by atoms with Crippen LogP contribution in [0, 0.1) is 0 Å². The molecule has 0 radical (unpaired) electrons. The summed E-state index contributed by atoms with van der Waals surface area (Å²) in [6.45, 7) is 1.41. The van der Waals surface area contributed by atoms with Gasteiger partial charge in [0.1, 0.15) is 5.54 Å². The van der Waals surface area contributed by atoms with Gasteiger partial charge in [-0.2, -0.15) is 11.8 Å². The van der Waals surface area contributed by atoms with E-state index in [-0.39, 0.29) is 18.2 Å². The number of thioether (sulfide) groups is 1. The van der Waals surface area contributed by atoms with Crippen LogP contribution in [-0.4, -0.2) is 39.9 Å². The Morgan fingerprint density at radius 2 is 2.14 bits per heavy atom. The third-order valence-corrected chi connectivity index (χ3v) is 4.61. The number of hydrogen-bond donors (Lipinski definition) is 3. The lowest BCUT2D eigenvalue weighted by Crippen LogP contribution is -2.55. The summed E-state index contributed by atoms with van der Waals surface area (Å²) in [6.07, 6.45) is 0.512. The van der Waals surface area contributed by atoms with Gasteiger partial charge < -0.3 is 15.7 Å². The van der Waals surface area contributed by atoms with E-state index < -0.39 is 11.5 Å². The van der Waals surface area contributed by atoms with Crippen molar-refractivity contribution in [3.63, 3.8) is 0 Å². The van der Waals surface area contributed by atoms with E-state index in [0.717, 1.165) is 11.3 Å². The normalized spacial score (nSPS) is 20.4. The Hall–Kier alpha value is -2.02. The van der Waals surface area contributed by atoms with E-state index in [4.69, 9.17) is 0 Å². The first-order chi connectivity index (χ1) is 10.4. The molecule has 22 heavy (non-hydrogen) atoms. The Balaban J connectivity index is 2.02. The first-order valence-electron chi connectivity index (χ1n) is 6.90. The molecule has 0 aromatic heterocycles. The molecule has 2 rings (SSSR count). The lowest BCUT2D eigenvalue weighted by atomic mass is 9.98. The van der Waals surface area contributed by atoms with Gasteiger partial charge >= 0.3 is 5.97 Å². The Morgan fingerprint density at radius 3 is 2.73 bits per heavy atom. The van der Waals surface area contributed by atoms with Crippen LogP contribution in [0.2, 0.25) is 0 Å². The average molecular weight is 322 g/mol. The van der Waals surface area contributed by atoms with E-state index in [1.807, 2.05) is 0 Å². The molecule has 0 spiro atoms. The molecule has 1 unspecified atom stereocenters. The molecule has 1 fully saturated rings. The molecule has 6 nitrogen and oxygen atoms in total. The Bertz CT molecular complexity index is 597. The third kappa shape index (κ3) is 4.00. The molecule has 1 aliphatic rings. The van der Waals surface area contributed by atoms with Crippen LogP contribution in [0.15, 0.2) is 24.3 Å². The molecule has 0 bridgehead atoms. The molecule has 0 aliphatic carbocycles. The van der Waals surface area contributed by atoms with Gasteiger partial charge in [0.2, 0.25) is 11.8 Å². The number of amides is 2. The number of aliphatic carboxylic acids is 1. The van der Waals surface area contributed by atoms with Crippen LogP contribution in [0.5, 0.6) is 0 Å². The average Bonchev–Trinajstić information content (AvgIpc) is 2.88. The quantitative estimate of drug-likeness (QED) is 0.758. The largest absolute Gasteiger partial charge is 0.479 e. The Labute approximate surface area is 132 Å². The lowest BCUT2D eigenvalue weighted by Gasteiger charge is -2.24. The lowest BCUT2D eigenvalue weighted by molar-refractivity contribution is -0.146. The molecule has 1 saturated heterocycles. The maximum Gasteiger partial charge on any atom is 0.330 e. The van der Waals surface area contributed by atoms with Crippen LogP contribution in [0.25, 0.3) is 0 Å². The first kappa shape index (κ1) is 16.4. The topological polar surface area (TPSA) is 95.5 Å². The van der Waals surface area contributed by atoms with Crippen molar-refractivity contribution in [3.05, 3.63) is 29.8 Å². The summed E-state index contributed by atoms with van der Waals surface area (Å²) in [6, 6.07) is 6.95. The van der Waals surface area contributed by atoms with Crippen LogP contribution >= 0.6 is 11.8 Å². The maximum atomic E-state index is 12.1. The molecule has 0 saturated carbocycles. The van der Waals surface area contributed by atoms with Crippen molar-refractivity contribution in [1.82, 2.24) is 5.32 Å². The second-order valence-corrected chi connectivity index (χ2v) is 6.40. The minimum absolute atomic E-state index is 0.0765. The summed E-state index contributed by atoms with van der Waals surface area (Å²) in [7, 11) is 0. The minimum atomic E-state index is -1.16. The number of carbonyl (C=O) groups is 3. The molecule has 1 heterocycles. The van der Waals surface area contributed by atoms with Gasteiger partial charge in [0.25, 0.3) is 0 Å². The van der Waals surface area contributed by atoms with E-state index >= 15 is 0 Å². The molecule has 3 N–H and O–H groups in total. The summed E-state index contributed by atoms with van der Waals surface area (Å²) in [4.78, 5) is 34.6. The fourth-order valence-corrected chi connectivity index (χ4v) is 3.67. The number of hydrogen-bond acceptors (Lipinski definition) is 4. The van der Waals surface area contributed by atoms with Gasteiger partial charge in [0.15, 0.2) is 0 Å². The predicted octanol–water partition coefficient (Wildman–Crippen LogP) is 1.26. The Kier molecular flexibility index (Phi) is 5.07. The molecule has 2 amide bonds. The zero-order valence-corrected chi connectivity index (χ0v) is 13.0. The highest BCUT2D eigenvalue weighted by atomic mass is 32.2. The van der Waals surface area contributed by atoms with Crippen molar-refractivity contribution in [3.8, 4) is 0 Å². The number of anilines is 1. The first-order valence-corrected chi connectivity index (χ1v) is 8.05. The molecule has 118 valence electrons. The van der Waals surface area contributed by atoms with Gasteiger partial charge in [-0.3, -0.25) is 9.59 Å². The van der Waals surface area contributed by atoms with Crippen LogP contribution in [0.1, 0.15) is 18.9 Å². The van der Waals surface area contributed by atoms with Crippen LogP contribution in [0.3, 0.4) is 0 Å². The van der Waals surface area contributed by atoms with Crippen molar-refractivity contribution in [2.45, 2.75) is 25.3 Å². The molecular weight excluding hydrogens is 304 g/mol. The van der Waals surface area contributed by atoms with Gasteiger partial charge in [0.05, 0.1) is 6.42 Å². The number of nitrogens with one attached hydrogen (secondary N) is 2. The fraction of sp³-hybridized carbons (Fsp3) is 0.400. The van der Waals surface area contributed by atoms with Gasteiger partial charge in [-0.15, -0.1) is 0 Å². The number of carbonyl (C=O) groups excluding carboxylic acids is 2. The molecule has 1 aromatic rings. The summed E-state index contributed by atoms with van der Waals surface area (Å²) >= 11 is 1.52. The van der Waals surface area contributed by atoms with E-state index in [0.29, 0.717) is 17.9 Å². The van der Waals surface area contributed by atoms with Gasteiger partial charge in [-0.1, -0.05) is 12.1 Å². The van der Waals surface area contributed by atoms with Crippen molar-refractivity contribution in [2.75, 3.05) is 16.8 Å². The fourth-order valence-electron chi connectivity index (χ4n) is 2.34. The standard InChI is InChI=1S/C15H18N2O4S/c1-10(18)16-12-4-2-3-11(7-12)8-13(19)17-15(14(20)21)5-6-22-9-15/h2-4,7H,5-6,8-9H2,1H3,(H,16,18)(H,17,19)(H,20,21). The molecule has 1 aliphatic heterocycles. The number of carboxylic acid groups (broad SMARTS) is 1. The van der Waals surface area contributed by atoms with E-state index in [2.05, 4.69) is 10.6 Å². The predicted molar refractivity (Wildman–Crippen MR) is 84.9 cm³/mol. The zero-order chi connectivity index (χ0) is 16.2. The summed E-state index contributed by atoms with van der Waals surface area (Å²) < 4.78 is 0. The third-order valence-electron chi connectivity index (χ3n) is 3.42. The molecular formula is C15H18N2O4S. The van der Waals surface area contributed by atoms with Crippen LogP contribution in [-0.2, 0) is 20.8 Å². The van der Waals surface area contributed by atoms with Crippen molar-refractivity contribution in [2.24, 2.45) is 0 Å². The summed E-state index contributed by atoms with van der Waals surface area (Å²) in [5, 5.41) is 14.6. The summed E-state index contributed by atoms with van der Waals surface area (Å²) in [5.41, 5.74) is 0.175. The van der Waals surface area contributed by atoms with Crippen LogP contribution < -0.4 is 10.6 Å². The van der Waals surface area contributed by atoms with Crippen molar-refractivity contribution >= 4 is 35.2 Å². The van der Waals surface area contributed by atoms with Crippen LogP contribution in [0.4, 0.5) is 5.69 Å². The maximum absolute atomic E-state index is 12.1. The molecule has 7 heteroatoms. The van der Waals surface area contributed by atoms with Crippen molar-refractivity contribution < 1.29 is 19.5 Å². The summed E-state index contributed by atoms with van der Waals surface area (Å²) in [5.74, 6) is -0.387. The monoisotopic (exact) mass is 322 g/mol. The van der Waals surface area contributed by atoms with Gasteiger partial charge in [-0.25, -0.2) is 4.79 Å². The van der Waals surface area contributed by atoms with E-state index in [1.165, 1.54) is 18.7 Å². The highest BCUT2D eigenvalue weighted by molar-refractivity contribution is 7.99. The van der Waals surface area contributed by atoms with E-state index in [9.17, 15) is 19.5 Å². The SMILES string of the molecule is CC(=O)Nc1cccc(CC(=O)NC2(C(=O)O)CCSC2)c1. The number of carboxylic acids is 1.